The SMILES string of the molecule is CC(CNC1CC1)NCC1C2CCCCC21. The lowest BCUT2D eigenvalue weighted by Gasteiger charge is -2.14. The van der Waals surface area contributed by atoms with Crippen LogP contribution < -0.4 is 10.6 Å². The van der Waals surface area contributed by atoms with Crippen molar-refractivity contribution in [3.63, 3.8) is 0 Å². The molecule has 3 unspecified atom stereocenters. The third-order valence-electron chi connectivity index (χ3n) is 4.83. The number of nitrogens with one attached hydrogen (secondary N) is 2. The molecule has 0 saturated heterocycles. The van der Waals surface area contributed by atoms with E-state index in [-0.39, 0.29) is 0 Å². The van der Waals surface area contributed by atoms with Crippen molar-refractivity contribution in [3.8, 4) is 0 Å². The van der Waals surface area contributed by atoms with Gasteiger partial charge in [-0.05, 0) is 56.9 Å². The Labute approximate surface area is 99.6 Å². The Morgan fingerprint density at radius 1 is 1.06 bits per heavy atom. The van der Waals surface area contributed by atoms with Crippen molar-refractivity contribution in [2.24, 2.45) is 17.8 Å². The molecule has 2 nitrogen and oxygen atoms in total. The van der Waals surface area contributed by atoms with E-state index in [1.54, 1.807) is 0 Å². The van der Waals surface area contributed by atoms with Crippen LogP contribution in [0, 0.1) is 17.8 Å². The molecule has 0 aromatic heterocycles. The van der Waals surface area contributed by atoms with Crippen LogP contribution >= 0.6 is 0 Å². The molecule has 0 aromatic rings. The van der Waals surface area contributed by atoms with E-state index in [1.165, 1.54) is 45.1 Å². The summed E-state index contributed by atoms with van der Waals surface area (Å²) in [4.78, 5) is 0. The zero-order valence-corrected chi connectivity index (χ0v) is 10.5. The van der Waals surface area contributed by atoms with Crippen LogP contribution in [0.2, 0.25) is 0 Å². The van der Waals surface area contributed by atoms with Gasteiger partial charge in [0.2, 0.25) is 0 Å². The number of hydrogen-bond donors (Lipinski definition) is 2. The molecule has 0 bridgehead atoms. The van der Waals surface area contributed by atoms with E-state index in [2.05, 4.69) is 17.6 Å². The molecule has 16 heavy (non-hydrogen) atoms. The summed E-state index contributed by atoms with van der Waals surface area (Å²) in [5.41, 5.74) is 0. The molecule has 0 radical (unpaired) electrons. The summed E-state index contributed by atoms with van der Waals surface area (Å²) in [6, 6.07) is 1.51. The van der Waals surface area contributed by atoms with Gasteiger partial charge in [0.1, 0.15) is 0 Å². The van der Waals surface area contributed by atoms with Crippen LogP contribution in [0.4, 0.5) is 0 Å². The Balaban J connectivity index is 1.30. The first-order valence-electron chi connectivity index (χ1n) is 7.31. The van der Waals surface area contributed by atoms with E-state index in [4.69, 9.17) is 0 Å². The Bertz CT molecular complexity index is 225. The van der Waals surface area contributed by atoms with Gasteiger partial charge >= 0.3 is 0 Å². The Morgan fingerprint density at radius 2 is 1.75 bits per heavy atom. The molecule has 0 aliphatic heterocycles. The second-order valence-electron chi connectivity index (χ2n) is 6.27. The summed E-state index contributed by atoms with van der Waals surface area (Å²) in [6.07, 6.45) is 8.84. The van der Waals surface area contributed by atoms with Gasteiger partial charge in [0.05, 0.1) is 0 Å². The lowest BCUT2D eigenvalue weighted by molar-refractivity contribution is 0.474. The third-order valence-corrected chi connectivity index (χ3v) is 4.83. The van der Waals surface area contributed by atoms with Gasteiger partial charge < -0.3 is 10.6 Å². The van der Waals surface area contributed by atoms with Crippen LogP contribution in [-0.4, -0.2) is 25.2 Å². The third kappa shape index (κ3) is 2.60. The molecular formula is C14H26N2. The maximum Gasteiger partial charge on any atom is 0.0164 e. The summed E-state index contributed by atoms with van der Waals surface area (Å²) in [5, 5.41) is 7.32. The zero-order valence-electron chi connectivity index (χ0n) is 10.5. The fraction of sp³-hybridized carbons (Fsp3) is 1.00. The molecular weight excluding hydrogens is 196 g/mol. The Morgan fingerprint density at radius 3 is 2.38 bits per heavy atom. The molecule has 0 aromatic carbocycles. The van der Waals surface area contributed by atoms with E-state index < -0.39 is 0 Å². The summed E-state index contributed by atoms with van der Waals surface area (Å²) in [6.45, 7) is 4.76. The molecule has 2 heteroatoms. The van der Waals surface area contributed by atoms with Gasteiger partial charge in [-0.25, -0.2) is 0 Å². The predicted octanol–water partition coefficient (Wildman–Crippen LogP) is 2.15. The molecule has 0 heterocycles. The zero-order chi connectivity index (χ0) is 11.0. The molecule has 0 spiro atoms. The summed E-state index contributed by atoms with van der Waals surface area (Å²) < 4.78 is 0. The molecule has 3 aliphatic carbocycles. The quantitative estimate of drug-likeness (QED) is 0.719. The number of hydrogen-bond acceptors (Lipinski definition) is 2. The first-order chi connectivity index (χ1) is 7.84. The van der Waals surface area contributed by atoms with Crippen molar-refractivity contribution in [1.82, 2.24) is 10.6 Å². The summed E-state index contributed by atoms with van der Waals surface area (Å²) in [7, 11) is 0. The van der Waals surface area contributed by atoms with Crippen molar-refractivity contribution < 1.29 is 0 Å². The first kappa shape index (κ1) is 11.0. The highest BCUT2D eigenvalue weighted by Gasteiger charge is 2.49. The molecule has 3 aliphatic rings. The molecule has 3 rings (SSSR count). The van der Waals surface area contributed by atoms with E-state index in [0.29, 0.717) is 6.04 Å². The van der Waals surface area contributed by atoms with E-state index in [9.17, 15) is 0 Å². The number of rotatable bonds is 6. The fourth-order valence-electron chi connectivity index (χ4n) is 3.48. The topological polar surface area (TPSA) is 24.1 Å². The second kappa shape index (κ2) is 4.66. The van der Waals surface area contributed by atoms with E-state index in [0.717, 1.165) is 30.3 Å². The molecule has 92 valence electrons. The molecule has 3 fully saturated rings. The standard InChI is InChI=1S/C14H26N2/c1-10(8-16-11-6-7-11)15-9-14-12-4-2-3-5-13(12)14/h10-16H,2-9H2,1H3. The monoisotopic (exact) mass is 222 g/mol. The van der Waals surface area contributed by atoms with Crippen molar-refractivity contribution in [2.75, 3.05) is 13.1 Å². The van der Waals surface area contributed by atoms with Crippen LogP contribution in [0.3, 0.4) is 0 Å². The average molecular weight is 222 g/mol. The molecule has 3 atom stereocenters. The summed E-state index contributed by atoms with van der Waals surface area (Å²) >= 11 is 0. The van der Waals surface area contributed by atoms with Crippen molar-refractivity contribution >= 4 is 0 Å². The van der Waals surface area contributed by atoms with Crippen LogP contribution in [-0.2, 0) is 0 Å². The van der Waals surface area contributed by atoms with Gasteiger partial charge in [-0.2, -0.15) is 0 Å². The van der Waals surface area contributed by atoms with Crippen LogP contribution in [0.5, 0.6) is 0 Å². The van der Waals surface area contributed by atoms with Gasteiger partial charge in [0, 0.05) is 18.6 Å². The predicted molar refractivity (Wildman–Crippen MR) is 67.4 cm³/mol. The lowest BCUT2D eigenvalue weighted by atomic mass is 10.0. The van der Waals surface area contributed by atoms with Crippen LogP contribution in [0.25, 0.3) is 0 Å². The second-order valence-corrected chi connectivity index (χ2v) is 6.27. The first-order valence-corrected chi connectivity index (χ1v) is 7.31. The normalized spacial score (nSPS) is 39.2. The van der Waals surface area contributed by atoms with E-state index >= 15 is 0 Å². The smallest absolute Gasteiger partial charge is 0.0164 e. The highest BCUT2D eigenvalue weighted by molar-refractivity contribution is 5.00. The van der Waals surface area contributed by atoms with Crippen LogP contribution in [0.1, 0.15) is 45.4 Å². The minimum atomic E-state index is 0.656. The fourth-order valence-corrected chi connectivity index (χ4v) is 3.48. The average Bonchev–Trinajstić information content (AvgIpc) is 3.19. The maximum atomic E-state index is 3.72. The van der Waals surface area contributed by atoms with Gasteiger partial charge in [-0.3, -0.25) is 0 Å². The van der Waals surface area contributed by atoms with Crippen LogP contribution in [0.15, 0.2) is 0 Å². The Kier molecular flexibility index (Phi) is 3.21. The highest BCUT2D eigenvalue weighted by Crippen LogP contribution is 2.54. The van der Waals surface area contributed by atoms with Crippen molar-refractivity contribution in [1.29, 1.82) is 0 Å². The van der Waals surface area contributed by atoms with E-state index in [1.807, 2.05) is 0 Å². The number of fused-ring (bicyclic) bond motifs is 1. The van der Waals surface area contributed by atoms with Gasteiger partial charge in [-0.1, -0.05) is 12.8 Å². The van der Waals surface area contributed by atoms with Crippen molar-refractivity contribution in [3.05, 3.63) is 0 Å². The Hall–Kier alpha value is -0.0800. The maximum absolute atomic E-state index is 3.72. The largest absolute Gasteiger partial charge is 0.313 e. The minimum absolute atomic E-state index is 0.656. The van der Waals surface area contributed by atoms with Gasteiger partial charge in [-0.15, -0.1) is 0 Å². The molecule has 0 amide bonds. The summed E-state index contributed by atoms with van der Waals surface area (Å²) in [5.74, 6) is 3.24. The molecule has 3 saturated carbocycles. The van der Waals surface area contributed by atoms with Crippen molar-refractivity contribution in [2.45, 2.75) is 57.5 Å². The highest BCUT2D eigenvalue weighted by atomic mass is 15.0. The lowest BCUT2D eigenvalue weighted by Crippen LogP contribution is -2.38. The van der Waals surface area contributed by atoms with Gasteiger partial charge in [0.15, 0.2) is 0 Å². The minimum Gasteiger partial charge on any atom is -0.313 e. The molecule has 2 N–H and O–H groups in total. The van der Waals surface area contributed by atoms with Gasteiger partial charge in [0.25, 0.3) is 0 Å².